The van der Waals surface area contributed by atoms with E-state index in [0.29, 0.717) is 6.04 Å². The third kappa shape index (κ3) is 6.22. The largest absolute Gasteiger partial charge is 0.380 e. The summed E-state index contributed by atoms with van der Waals surface area (Å²) in [6, 6.07) is 4.80. The van der Waals surface area contributed by atoms with Crippen LogP contribution in [0.15, 0.2) is 18.3 Å². The Bertz CT molecular complexity index is 318. The molecule has 104 valence electrons. The lowest BCUT2D eigenvalue weighted by Crippen LogP contribution is -2.23. The van der Waals surface area contributed by atoms with Gasteiger partial charge in [0, 0.05) is 37.6 Å². The Labute approximate surface area is 112 Å². The number of hydrogen-bond acceptors (Lipinski definition) is 2. The number of nitrogens with one attached hydrogen (secondary N) is 1. The molecule has 0 unspecified atom stereocenters. The van der Waals surface area contributed by atoms with Crippen LogP contribution in [0.1, 0.15) is 39.8 Å². The molecule has 1 heterocycles. The van der Waals surface area contributed by atoms with Gasteiger partial charge in [0.05, 0.1) is 6.61 Å². The monoisotopic (exact) mass is 252 g/mol. The highest BCUT2D eigenvalue weighted by molar-refractivity contribution is 5.06. The van der Waals surface area contributed by atoms with Gasteiger partial charge in [0.1, 0.15) is 0 Å². The lowest BCUT2D eigenvalue weighted by atomic mass is 10.1. The standard InChI is InChI=1S/C15H28N2O/c1-13(2)7-10-18-11-9-17-8-5-6-15(17)12-16-14(3)4/h5-6,8,13-14,16H,7,9-12H2,1-4H3. The van der Waals surface area contributed by atoms with Crippen molar-refractivity contribution in [3.63, 3.8) is 0 Å². The molecule has 1 N–H and O–H groups in total. The first-order chi connectivity index (χ1) is 8.59. The number of nitrogens with zero attached hydrogens (tertiary/aromatic N) is 1. The van der Waals surface area contributed by atoms with Crippen molar-refractivity contribution >= 4 is 0 Å². The fourth-order valence-corrected chi connectivity index (χ4v) is 1.72. The molecule has 0 amide bonds. The van der Waals surface area contributed by atoms with Gasteiger partial charge >= 0.3 is 0 Å². The van der Waals surface area contributed by atoms with Gasteiger partial charge in [-0.1, -0.05) is 27.7 Å². The maximum absolute atomic E-state index is 5.66. The van der Waals surface area contributed by atoms with E-state index in [4.69, 9.17) is 4.74 Å². The molecule has 0 spiro atoms. The SMILES string of the molecule is CC(C)CCOCCn1cccc1CNC(C)C. The van der Waals surface area contributed by atoms with Gasteiger partial charge in [0.25, 0.3) is 0 Å². The Morgan fingerprint density at radius 1 is 1.22 bits per heavy atom. The molecular weight excluding hydrogens is 224 g/mol. The molecule has 0 fully saturated rings. The van der Waals surface area contributed by atoms with E-state index in [0.717, 1.165) is 38.6 Å². The summed E-state index contributed by atoms with van der Waals surface area (Å²) in [5, 5.41) is 3.44. The molecule has 1 aromatic rings. The molecule has 1 aromatic heterocycles. The summed E-state index contributed by atoms with van der Waals surface area (Å²) in [7, 11) is 0. The van der Waals surface area contributed by atoms with E-state index in [1.807, 2.05) is 0 Å². The quantitative estimate of drug-likeness (QED) is 0.684. The fourth-order valence-electron chi connectivity index (χ4n) is 1.72. The highest BCUT2D eigenvalue weighted by atomic mass is 16.5. The van der Waals surface area contributed by atoms with Gasteiger partial charge in [0.2, 0.25) is 0 Å². The zero-order valence-corrected chi connectivity index (χ0v) is 12.3. The van der Waals surface area contributed by atoms with Crippen molar-refractivity contribution in [2.24, 2.45) is 5.92 Å². The maximum Gasteiger partial charge on any atom is 0.0645 e. The van der Waals surface area contributed by atoms with Crippen molar-refractivity contribution in [1.82, 2.24) is 9.88 Å². The summed E-state index contributed by atoms with van der Waals surface area (Å²) in [4.78, 5) is 0. The molecule has 0 aromatic carbocycles. The molecule has 0 bridgehead atoms. The van der Waals surface area contributed by atoms with Gasteiger partial charge < -0.3 is 14.6 Å². The van der Waals surface area contributed by atoms with Gasteiger partial charge in [-0.15, -0.1) is 0 Å². The van der Waals surface area contributed by atoms with Crippen LogP contribution in [0.2, 0.25) is 0 Å². The molecule has 1 rings (SSSR count). The topological polar surface area (TPSA) is 26.2 Å². The van der Waals surface area contributed by atoms with Crippen LogP contribution in [0.3, 0.4) is 0 Å². The zero-order chi connectivity index (χ0) is 13.4. The smallest absolute Gasteiger partial charge is 0.0645 e. The summed E-state index contributed by atoms with van der Waals surface area (Å²) in [6.07, 6.45) is 3.27. The summed E-state index contributed by atoms with van der Waals surface area (Å²) < 4.78 is 7.93. The molecule has 0 saturated carbocycles. The van der Waals surface area contributed by atoms with Crippen LogP contribution in [-0.2, 0) is 17.8 Å². The van der Waals surface area contributed by atoms with Crippen LogP contribution in [0.4, 0.5) is 0 Å². The van der Waals surface area contributed by atoms with E-state index in [-0.39, 0.29) is 0 Å². The van der Waals surface area contributed by atoms with Crippen LogP contribution < -0.4 is 5.32 Å². The first-order valence-corrected chi connectivity index (χ1v) is 7.04. The van der Waals surface area contributed by atoms with E-state index >= 15 is 0 Å². The lowest BCUT2D eigenvalue weighted by molar-refractivity contribution is 0.116. The molecule has 0 aliphatic rings. The van der Waals surface area contributed by atoms with Gasteiger partial charge in [-0.3, -0.25) is 0 Å². The van der Waals surface area contributed by atoms with Crippen molar-refractivity contribution < 1.29 is 4.74 Å². The van der Waals surface area contributed by atoms with Crippen molar-refractivity contribution in [2.45, 2.75) is 53.2 Å². The minimum Gasteiger partial charge on any atom is -0.380 e. The highest BCUT2D eigenvalue weighted by Gasteiger charge is 2.02. The van der Waals surface area contributed by atoms with Gasteiger partial charge in [-0.25, -0.2) is 0 Å². The van der Waals surface area contributed by atoms with Crippen molar-refractivity contribution in [2.75, 3.05) is 13.2 Å². The van der Waals surface area contributed by atoms with E-state index < -0.39 is 0 Å². The molecular formula is C15H28N2O. The van der Waals surface area contributed by atoms with E-state index in [1.54, 1.807) is 0 Å². The van der Waals surface area contributed by atoms with Crippen LogP contribution in [-0.4, -0.2) is 23.8 Å². The molecule has 18 heavy (non-hydrogen) atoms. The van der Waals surface area contributed by atoms with E-state index in [9.17, 15) is 0 Å². The van der Waals surface area contributed by atoms with E-state index in [2.05, 4.69) is 55.9 Å². The van der Waals surface area contributed by atoms with Gasteiger partial charge in [-0.2, -0.15) is 0 Å². The number of hydrogen-bond donors (Lipinski definition) is 1. The summed E-state index contributed by atoms with van der Waals surface area (Å²) in [6.45, 7) is 12.3. The summed E-state index contributed by atoms with van der Waals surface area (Å²) in [5.74, 6) is 0.724. The van der Waals surface area contributed by atoms with Crippen LogP contribution >= 0.6 is 0 Å². The lowest BCUT2D eigenvalue weighted by Gasteiger charge is -2.12. The second kappa shape index (κ2) is 8.33. The second-order valence-electron chi connectivity index (χ2n) is 5.52. The molecule has 0 aliphatic carbocycles. The predicted octanol–water partition coefficient (Wildman–Crippen LogP) is 3.05. The first kappa shape index (κ1) is 15.3. The van der Waals surface area contributed by atoms with Crippen LogP contribution in [0, 0.1) is 5.92 Å². The Morgan fingerprint density at radius 2 is 2.00 bits per heavy atom. The van der Waals surface area contributed by atoms with E-state index in [1.165, 1.54) is 5.69 Å². The Kier molecular flexibility index (Phi) is 7.06. The minimum absolute atomic E-state index is 0.524. The van der Waals surface area contributed by atoms with Crippen molar-refractivity contribution in [3.8, 4) is 0 Å². The van der Waals surface area contributed by atoms with Crippen LogP contribution in [0.25, 0.3) is 0 Å². The highest BCUT2D eigenvalue weighted by Crippen LogP contribution is 2.03. The fraction of sp³-hybridized carbons (Fsp3) is 0.733. The predicted molar refractivity (Wildman–Crippen MR) is 76.7 cm³/mol. The number of ether oxygens (including phenoxy) is 1. The molecule has 0 saturated heterocycles. The minimum atomic E-state index is 0.524. The number of rotatable bonds is 9. The second-order valence-corrected chi connectivity index (χ2v) is 5.52. The van der Waals surface area contributed by atoms with Gasteiger partial charge in [0.15, 0.2) is 0 Å². The summed E-state index contributed by atoms with van der Waals surface area (Å²) >= 11 is 0. The molecule has 0 aliphatic heterocycles. The van der Waals surface area contributed by atoms with Crippen molar-refractivity contribution in [1.29, 1.82) is 0 Å². The maximum atomic E-state index is 5.66. The normalized spacial score (nSPS) is 11.7. The summed E-state index contributed by atoms with van der Waals surface area (Å²) in [5.41, 5.74) is 1.33. The Balaban J connectivity index is 2.23. The van der Waals surface area contributed by atoms with Crippen molar-refractivity contribution in [3.05, 3.63) is 24.0 Å². The molecule has 3 nitrogen and oxygen atoms in total. The van der Waals surface area contributed by atoms with Gasteiger partial charge in [-0.05, 0) is 24.5 Å². The molecule has 3 heteroatoms. The third-order valence-corrected chi connectivity index (χ3v) is 2.93. The number of aromatic nitrogens is 1. The third-order valence-electron chi connectivity index (χ3n) is 2.93. The van der Waals surface area contributed by atoms with Crippen LogP contribution in [0.5, 0.6) is 0 Å². The molecule has 0 radical (unpaired) electrons. The Hall–Kier alpha value is -0.800. The first-order valence-electron chi connectivity index (χ1n) is 7.04. The average Bonchev–Trinajstić information content (AvgIpc) is 2.73. The average molecular weight is 252 g/mol. The zero-order valence-electron chi connectivity index (χ0n) is 12.3. The Morgan fingerprint density at radius 3 is 2.67 bits per heavy atom. The molecule has 0 atom stereocenters.